The molecule has 4 fully saturated rings. The molecule has 4 aliphatic rings. The lowest BCUT2D eigenvalue weighted by molar-refractivity contribution is -0.245. The van der Waals surface area contributed by atoms with Crippen LogP contribution >= 0.6 is 0 Å². The first-order chi connectivity index (χ1) is 12.4. The molecule has 26 heavy (non-hydrogen) atoms. The van der Waals surface area contributed by atoms with Crippen molar-refractivity contribution in [2.75, 3.05) is 19.8 Å². The van der Waals surface area contributed by atoms with E-state index in [1.54, 1.807) is 0 Å². The highest BCUT2D eigenvalue weighted by atomic mass is 16.7. The van der Waals surface area contributed by atoms with Crippen molar-refractivity contribution in [1.82, 2.24) is 0 Å². The number of rotatable bonds is 3. The van der Waals surface area contributed by atoms with Crippen LogP contribution in [0.3, 0.4) is 0 Å². The molecule has 0 aromatic rings. The highest BCUT2D eigenvalue weighted by Gasteiger charge is 2.66. The van der Waals surface area contributed by atoms with Crippen LogP contribution in [0.15, 0.2) is 0 Å². The maximum absolute atomic E-state index is 11.1. The fraction of sp³-hybridized carbons (Fsp3) is 1.00. The quantitative estimate of drug-likeness (QED) is 0.800. The Morgan fingerprint density at radius 1 is 1.00 bits per heavy atom. The molecule has 0 aromatic carbocycles. The monoisotopic (exact) mass is 365 g/mol. The summed E-state index contributed by atoms with van der Waals surface area (Å²) in [6, 6.07) is 0. The minimum atomic E-state index is -0.351. The fourth-order valence-corrected chi connectivity index (χ4v) is 7.51. The highest BCUT2D eigenvalue weighted by Crippen LogP contribution is 2.66. The molecule has 0 amide bonds. The Morgan fingerprint density at radius 2 is 1.69 bits per heavy atom. The number of aliphatic hydroxyl groups excluding tert-OH is 1. The van der Waals surface area contributed by atoms with Crippen LogP contribution in [-0.2, 0) is 9.47 Å². The summed E-state index contributed by atoms with van der Waals surface area (Å²) in [6.07, 6.45) is 8.79. The second-order valence-corrected chi connectivity index (χ2v) is 10.3. The van der Waals surface area contributed by atoms with Gasteiger partial charge in [0.1, 0.15) is 0 Å². The Morgan fingerprint density at radius 3 is 2.35 bits per heavy atom. The van der Waals surface area contributed by atoms with Gasteiger partial charge in [0.15, 0.2) is 5.79 Å². The van der Waals surface area contributed by atoms with E-state index >= 15 is 0 Å². The second kappa shape index (κ2) is 6.72. The van der Waals surface area contributed by atoms with Gasteiger partial charge >= 0.3 is 0 Å². The number of aliphatic hydroxyl groups is 1. The Labute approximate surface area is 159 Å². The van der Waals surface area contributed by atoms with Gasteiger partial charge in [-0.2, -0.15) is 0 Å². The van der Waals surface area contributed by atoms with Crippen LogP contribution < -0.4 is 5.73 Å². The van der Waals surface area contributed by atoms with E-state index in [4.69, 9.17) is 15.2 Å². The number of fused-ring (bicyclic) bond motifs is 2. The van der Waals surface area contributed by atoms with Gasteiger partial charge in [-0.25, -0.2) is 0 Å². The highest BCUT2D eigenvalue weighted by molar-refractivity contribution is 5.11. The van der Waals surface area contributed by atoms with Crippen molar-refractivity contribution in [1.29, 1.82) is 0 Å². The van der Waals surface area contributed by atoms with Crippen LogP contribution in [0.4, 0.5) is 0 Å². The van der Waals surface area contributed by atoms with Crippen LogP contribution in [0.25, 0.3) is 0 Å². The summed E-state index contributed by atoms with van der Waals surface area (Å²) in [6.45, 7) is 9.28. The van der Waals surface area contributed by atoms with Gasteiger partial charge in [-0.05, 0) is 80.6 Å². The van der Waals surface area contributed by atoms with Crippen LogP contribution in [0.1, 0.15) is 72.1 Å². The molecule has 1 heterocycles. The molecule has 4 rings (SSSR count). The van der Waals surface area contributed by atoms with Crippen molar-refractivity contribution in [2.24, 2.45) is 40.2 Å². The minimum Gasteiger partial charge on any atom is -0.393 e. The summed E-state index contributed by atoms with van der Waals surface area (Å²) in [4.78, 5) is 0. The van der Waals surface area contributed by atoms with Gasteiger partial charge in [0.2, 0.25) is 0 Å². The summed E-state index contributed by atoms with van der Waals surface area (Å²) in [5, 5.41) is 11.1. The molecule has 150 valence electrons. The SMILES string of the molecule is C[C@H]1CC[C@](C)(C2CC[C@@]3(C)C(CCC34OCCO4)[C@@H]2CCN)[C@@H](O)C1. The molecule has 1 saturated heterocycles. The fourth-order valence-electron chi connectivity index (χ4n) is 7.51. The third kappa shape index (κ3) is 2.62. The zero-order valence-electron chi connectivity index (χ0n) is 17.0. The summed E-state index contributed by atoms with van der Waals surface area (Å²) in [5.74, 6) is 2.05. The first-order valence-corrected chi connectivity index (χ1v) is 11.0. The summed E-state index contributed by atoms with van der Waals surface area (Å²) in [5.41, 5.74) is 6.24. The molecule has 0 aromatic heterocycles. The molecular formula is C22H39NO3. The van der Waals surface area contributed by atoms with Crippen molar-refractivity contribution >= 4 is 0 Å². The van der Waals surface area contributed by atoms with E-state index in [1.165, 1.54) is 19.3 Å². The lowest BCUT2D eigenvalue weighted by Gasteiger charge is -2.57. The van der Waals surface area contributed by atoms with Gasteiger partial charge in [0, 0.05) is 11.8 Å². The normalized spacial score (nSPS) is 50.9. The molecule has 3 saturated carbocycles. The second-order valence-electron chi connectivity index (χ2n) is 10.3. The van der Waals surface area contributed by atoms with Crippen molar-refractivity contribution < 1.29 is 14.6 Å². The van der Waals surface area contributed by atoms with Crippen LogP contribution in [-0.4, -0.2) is 36.8 Å². The average molecular weight is 366 g/mol. The maximum atomic E-state index is 11.1. The van der Waals surface area contributed by atoms with Crippen LogP contribution in [0, 0.1) is 34.5 Å². The first kappa shape index (κ1) is 19.2. The molecule has 4 nitrogen and oxygen atoms in total. The molecule has 2 unspecified atom stereocenters. The van der Waals surface area contributed by atoms with E-state index in [1.807, 2.05) is 0 Å². The molecule has 4 heteroatoms. The third-order valence-electron chi connectivity index (χ3n) is 9.14. The predicted octanol–water partition coefficient (Wildman–Crippen LogP) is 3.71. The van der Waals surface area contributed by atoms with E-state index in [2.05, 4.69) is 20.8 Å². The summed E-state index contributed by atoms with van der Waals surface area (Å²) >= 11 is 0. The van der Waals surface area contributed by atoms with Crippen LogP contribution in [0.2, 0.25) is 0 Å². The molecule has 1 spiro atoms. The lowest BCUT2D eigenvalue weighted by Crippen LogP contribution is -2.56. The largest absolute Gasteiger partial charge is 0.393 e. The zero-order valence-corrected chi connectivity index (χ0v) is 17.0. The number of hydrogen-bond acceptors (Lipinski definition) is 4. The average Bonchev–Trinajstić information content (AvgIpc) is 3.19. The Kier molecular flexibility index (Phi) is 4.95. The summed E-state index contributed by atoms with van der Waals surface area (Å²) in [7, 11) is 0. The Bertz CT molecular complexity index is 520. The molecule has 0 radical (unpaired) electrons. The molecular weight excluding hydrogens is 326 g/mol. The van der Waals surface area contributed by atoms with Gasteiger partial charge in [-0.1, -0.05) is 20.8 Å². The molecule has 3 aliphatic carbocycles. The number of nitrogens with two attached hydrogens (primary N) is 1. The van der Waals surface area contributed by atoms with E-state index in [0.29, 0.717) is 23.7 Å². The van der Waals surface area contributed by atoms with Crippen molar-refractivity contribution in [3.63, 3.8) is 0 Å². The van der Waals surface area contributed by atoms with E-state index < -0.39 is 0 Å². The number of ether oxygens (including phenoxy) is 2. The standard InChI is InChI=1S/C22H39NO3/c1-15-4-8-20(2,19(24)14-15)17-5-9-21(3)18(16(17)7-11-23)6-10-22(21)25-12-13-26-22/h15-19,24H,4-14,23H2,1-3H3/t15-,16+,17?,18?,19-,20+,21-/m0/s1. The van der Waals surface area contributed by atoms with E-state index in [-0.39, 0.29) is 22.7 Å². The van der Waals surface area contributed by atoms with Crippen molar-refractivity contribution in [3.05, 3.63) is 0 Å². The van der Waals surface area contributed by atoms with Gasteiger partial charge in [0.25, 0.3) is 0 Å². The van der Waals surface area contributed by atoms with Gasteiger partial charge in [0.05, 0.1) is 19.3 Å². The topological polar surface area (TPSA) is 64.7 Å². The lowest BCUT2D eigenvalue weighted by atomic mass is 9.50. The maximum Gasteiger partial charge on any atom is 0.174 e. The van der Waals surface area contributed by atoms with E-state index in [0.717, 1.165) is 51.9 Å². The molecule has 3 N–H and O–H groups in total. The third-order valence-corrected chi connectivity index (χ3v) is 9.14. The predicted molar refractivity (Wildman–Crippen MR) is 102 cm³/mol. The zero-order chi connectivity index (χ0) is 18.6. The van der Waals surface area contributed by atoms with Gasteiger partial charge < -0.3 is 20.3 Å². The Balaban J connectivity index is 1.63. The van der Waals surface area contributed by atoms with Crippen molar-refractivity contribution in [2.45, 2.75) is 84.0 Å². The van der Waals surface area contributed by atoms with Gasteiger partial charge in [-0.15, -0.1) is 0 Å². The molecule has 0 bridgehead atoms. The molecule has 1 aliphatic heterocycles. The van der Waals surface area contributed by atoms with Crippen molar-refractivity contribution in [3.8, 4) is 0 Å². The smallest absolute Gasteiger partial charge is 0.174 e. The van der Waals surface area contributed by atoms with Crippen LogP contribution in [0.5, 0.6) is 0 Å². The summed E-state index contributed by atoms with van der Waals surface area (Å²) < 4.78 is 12.5. The number of hydrogen-bond donors (Lipinski definition) is 2. The molecule has 7 atom stereocenters. The van der Waals surface area contributed by atoms with Gasteiger partial charge in [-0.3, -0.25) is 0 Å². The Hall–Kier alpha value is -0.160. The minimum absolute atomic E-state index is 0.0425. The van der Waals surface area contributed by atoms with E-state index in [9.17, 15) is 5.11 Å². The first-order valence-electron chi connectivity index (χ1n) is 11.0.